The molecule has 2 aromatic heterocycles. The van der Waals surface area contributed by atoms with Crippen LogP contribution in [-0.4, -0.2) is 43.3 Å². The lowest BCUT2D eigenvalue weighted by Crippen LogP contribution is -2.46. The predicted molar refractivity (Wildman–Crippen MR) is 110 cm³/mol. The Morgan fingerprint density at radius 3 is 2.68 bits per heavy atom. The van der Waals surface area contributed by atoms with Gasteiger partial charge in [0.2, 0.25) is 10.0 Å². The minimum atomic E-state index is -3.49. The van der Waals surface area contributed by atoms with Crippen LogP contribution in [0.15, 0.2) is 52.1 Å². The highest BCUT2D eigenvalue weighted by Crippen LogP contribution is 2.21. The Kier molecular flexibility index (Phi) is 5.37. The van der Waals surface area contributed by atoms with E-state index < -0.39 is 10.0 Å². The Morgan fingerprint density at radius 2 is 1.96 bits per heavy atom. The number of hydrogen-bond acceptors (Lipinski definition) is 5. The summed E-state index contributed by atoms with van der Waals surface area (Å²) in [5, 5.41) is 3.01. The quantitative estimate of drug-likeness (QED) is 0.636. The van der Waals surface area contributed by atoms with Crippen molar-refractivity contribution in [1.29, 1.82) is 0 Å². The van der Waals surface area contributed by atoms with Crippen molar-refractivity contribution in [1.82, 2.24) is 14.6 Å². The molecule has 1 N–H and O–H groups in total. The minimum absolute atomic E-state index is 0.0589. The fraction of sp³-hybridized carbons (Fsp3) is 0.263. The molecule has 1 saturated heterocycles. The van der Waals surface area contributed by atoms with Crippen LogP contribution in [0.4, 0.5) is 0 Å². The van der Waals surface area contributed by atoms with Crippen LogP contribution in [-0.2, 0) is 10.0 Å². The molecule has 0 bridgehead atoms. The second-order valence-corrected chi connectivity index (χ2v) is 9.94. The zero-order valence-electron chi connectivity index (χ0n) is 14.8. The number of aromatic nitrogens is 1. The Bertz CT molecular complexity index is 1110. The fourth-order valence-electron chi connectivity index (χ4n) is 3.31. The topological polar surface area (TPSA) is 79.4 Å². The van der Waals surface area contributed by atoms with E-state index in [2.05, 4.69) is 9.71 Å². The Hall–Kier alpha value is -2.00. The molecule has 0 aliphatic carbocycles. The first-order chi connectivity index (χ1) is 13.4. The van der Waals surface area contributed by atoms with E-state index in [0.29, 0.717) is 40.9 Å². The summed E-state index contributed by atoms with van der Waals surface area (Å²) in [6.45, 7) is 1.01. The first kappa shape index (κ1) is 19.3. The standard InChI is InChI=1S/C19H18ClN3O3S2/c20-17-6-4-13-12-14(3-5-16(13)21-17)19(24)23-9-7-15(8-10-23)22-28(25,26)18-2-1-11-27-18/h1-6,11-12,15,22H,7-10H2. The first-order valence-corrected chi connectivity index (χ1v) is 11.6. The average molecular weight is 436 g/mol. The number of sulfonamides is 1. The van der Waals surface area contributed by atoms with Crippen LogP contribution >= 0.6 is 22.9 Å². The first-order valence-electron chi connectivity index (χ1n) is 8.84. The normalized spacial score (nSPS) is 15.8. The maximum atomic E-state index is 12.8. The van der Waals surface area contributed by atoms with Gasteiger partial charge in [-0.05, 0) is 54.6 Å². The van der Waals surface area contributed by atoms with Gasteiger partial charge in [-0.1, -0.05) is 17.7 Å². The molecule has 28 heavy (non-hydrogen) atoms. The molecule has 1 aliphatic heterocycles. The summed E-state index contributed by atoms with van der Waals surface area (Å²) in [4.78, 5) is 18.8. The van der Waals surface area contributed by atoms with Crippen molar-refractivity contribution in [2.75, 3.05) is 13.1 Å². The number of carbonyl (C=O) groups excluding carboxylic acids is 1. The van der Waals surface area contributed by atoms with Crippen molar-refractivity contribution in [3.8, 4) is 0 Å². The number of piperidine rings is 1. The van der Waals surface area contributed by atoms with E-state index in [-0.39, 0.29) is 11.9 Å². The predicted octanol–water partition coefficient (Wildman–Crippen LogP) is 3.53. The second kappa shape index (κ2) is 7.79. The number of thiophene rings is 1. The van der Waals surface area contributed by atoms with Gasteiger partial charge in [-0.15, -0.1) is 11.3 Å². The molecule has 146 valence electrons. The molecule has 1 amide bonds. The van der Waals surface area contributed by atoms with E-state index in [1.807, 2.05) is 12.1 Å². The van der Waals surface area contributed by atoms with Gasteiger partial charge in [0.05, 0.1) is 5.52 Å². The molecule has 0 saturated carbocycles. The average Bonchev–Trinajstić information content (AvgIpc) is 3.23. The van der Waals surface area contributed by atoms with Crippen LogP contribution in [0.25, 0.3) is 10.9 Å². The van der Waals surface area contributed by atoms with Crippen molar-refractivity contribution in [2.45, 2.75) is 23.1 Å². The van der Waals surface area contributed by atoms with Gasteiger partial charge in [0, 0.05) is 30.1 Å². The number of likely N-dealkylation sites (tertiary alicyclic amines) is 1. The molecule has 3 aromatic rings. The van der Waals surface area contributed by atoms with Crippen LogP contribution in [0.5, 0.6) is 0 Å². The minimum Gasteiger partial charge on any atom is -0.339 e. The number of amides is 1. The van der Waals surface area contributed by atoms with Crippen molar-refractivity contribution in [3.63, 3.8) is 0 Å². The third-order valence-electron chi connectivity index (χ3n) is 4.77. The maximum Gasteiger partial charge on any atom is 0.253 e. The van der Waals surface area contributed by atoms with Crippen LogP contribution in [0.2, 0.25) is 5.15 Å². The summed E-state index contributed by atoms with van der Waals surface area (Å²) in [5.41, 5.74) is 1.33. The molecule has 1 aromatic carbocycles. The van der Waals surface area contributed by atoms with E-state index in [0.717, 1.165) is 10.9 Å². The van der Waals surface area contributed by atoms with E-state index >= 15 is 0 Å². The van der Waals surface area contributed by atoms with Gasteiger partial charge in [-0.2, -0.15) is 0 Å². The third-order valence-corrected chi connectivity index (χ3v) is 7.89. The monoisotopic (exact) mass is 435 g/mol. The van der Waals surface area contributed by atoms with Crippen LogP contribution in [0, 0.1) is 0 Å². The lowest BCUT2D eigenvalue weighted by Gasteiger charge is -2.32. The van der Waals surface area contributed by atoms with Gasteiger partial charge in [0.25, 0.3) is 5.91 Å². The highest BCUT2D eigenvalue weighted by molar-refractivity contribution is 7.91. The summed E-state index contributed by atoms with van der Waals surface area (Å²) in [5.74, 6) is -0.0589. The summed E-state index contributed by atoms with van der Waals surface area (Å²) in [6, 6.07) is 12.0. The lowest BCUT2D eigenvalue weighted by atomic mass is 10.0. The molecule has 3 heterocycles. The molecule has 9 heteroatoms. The molecule has 0 radical (unpaired) electrons. The molecule has 0 atom stereocenters. The Morgan fingerprint density at radius 1 is 1.18 bits per heavy atom. The van der Waals surface area contributed by atoms with Crippen molar-refractivity contribution in [2.24, 2.45) is 0 Å². The van der Waals surface area contributed by atoms with E-state index in [1.165, 1.54) is 11.3 Å². The van der Waals surface area contributed by atoms with Crippen molar-refractivity contribution >= 4 is 49.8 Å². The summed E-state index contributed by atoms with van der Waals surface area (Å²) < 4.78 is 27.8. The highest BCUT2D eigenvalue weighted by atomic mass is 35.5. The largest absolute Gasteiger partial charge is 0.339 e. The zero-order valence-corrected chi connectivity index (χ0v) is 17.2. The number of carbonyl (C=O) groups is 1. The van der Waals surface area contributed by atoms with E-state index in [4.69, 9.17) is 11.6 Å². The van der Waals surface area contributed by atoms with Crippen molar-refractivity contribution < 1.29 is 13.2 Å². The number of halogens is 1. The summed E-state index contributed by atoms with van der Waals surface area (Å²) in [7, 11) is -3.49. The lowest BCUT2D eigenvalue weighted by molar-refractivity contribution is 0.0711. The molecule has 1 aliphatic rings. The molecular formula is C19H18ClN3O3S2. The van der Waals surface area contributed by atoms with Crippen LogP contribution in [0.1, 0.15) is 23.2 Å². The van der Waals surface area contributed by atoms with E-state index in [1.54, 1.807) is 40.6 Å². The van der Waals surface area contributed by atoms with Gasteiger partial charge < -0.3 is 4.90 Å². The number of fused-ring (bicyclic) bond motifs is 1. The molecule has 0 unspecified atom stereocenters. The van der Waals surface area contributed by atoms with Gasteiger partial charge in [-0.25, -0.2) is 18.1 Å². The van der Waals surface area contributed by atoms with Crippen LogP contribution in [0.3, 0.4) is 0 Å². The van der Waals surface area contributed by atoms with Gasteiger partial charge >= 0.3 is 0 Å². The molecular weight excluding hydrogens is 418 g/mol. The number of benzene rings is 1. The van der Waals surface area contributed by atoms with Gasteiger partial charge in [0.15, 0.2) is 0 Å². The number of nitrogens with zero attached hydrogens (tertiary/aromatic N) is 2. The number of nitrogens with one attached hydrogen (secondary N) is 1. The fourth-order valence-corrected chi connectivity index (χ4v) is 5.78. The number of hydrogen-bond donors (Lipinski definition) is 1. The molecule has 4 rings (SSSR count). The maximum absolute atomic E-state index is 12.8. The highest BCUT2D eigenvalue weighted by Gasteiger charge is 2.27. The molecule has 1 fully saturated rings. The summed E-state index contributed by atoms with van der Waals surface area (Å²) >= 11 is 7.09. The smallest absolute Gasteiger partial charge is 0.253 e. The Balaban J connectivity index is 1.41. The second-order valence-electron chi connectivity index (χ2n) is 6.66. The van der Waals surface area contributed by atoms with Crippen LogP contribution < -0.4 is 4.72 Å². The molecule has 6 nitrogen and oxygen atoms in total. The molecule has 0 spiro atoms. The SMILES string of the molecule is O=C(c1ccc2nc(Cl)ccc2c1)N1CCC(NS(=O)(=O)c2cccs2)CC1. The third kappa shape index (κ3) is 4.05. The van der Waals surface area contributed by atoms with Gasteiger partial charge in [-0.3, -0.25) is 4.79 Å². The van der Waals surface area contributed by atoms with Gasteiger partial charge in [0.1, 0.15) is 9.36 Å². The zero-order chi connectivity index (χ0) is 19.7. The number of pyridine rings is 1. The van der Waals surface area contributed by atoms with E-state index in [9.17, 15) is 13.2 Å². The number of rotatable bonds is 4. The summed E-state index contributed by atoms with van der Waals surface area (Å²) in [6.07, 6.45) is 1.17. The van der Waals surface area contributed by atoms with Crippen molar-refractivity contribution in [3.05, 3.63) is 58.6 Å². The Labute approximate surface area is 172 Å².